The van der Waals surface area contributed by atoms with Crippen LogP contribution in [0.3, 0.4) is 0 Å². The Morgan fingerprint density at radius 1 is 1.43 bits per heavy atom. The van der Waals surface area contributed by atoms with Crippen molar-refractivity contribution in [3.8, 4) is 0 Å². The predicted octanol–water partition coefficient (Wildman–Crippen LogP) is 1.14. The molecular formula is C8H16F2N2OS. The molecule has 0 unspecified atom stereocenters. The summed E-state index contributed by atoms with van der Waals surface area (Å²) in [4.78, 5) is 0. The Bertz CT molecular complexity index is 167. The van der Waals surface area contributed by atoms with Crippen molar-refractivity contribution in [1.82, 2.24) is 10.6 Å². The first-order chi connectivity index (χ1) is 6.52. The lowest BCUT2D eigenvalue weighted by Gasteiger charge is -2.12. The zero-order chi connectivity index (χ0) is 11.0. The average molecular weight is 226 g/mol. The maximum absolute atomic E-state index is 11.6. The average Bonchev–Trinajstić information content (AvgIpc) is 2.01. The Kier molecular flexibility index (Phi) is 7.60. The van der Waals surface area contributed by atoms with Gasteiger partial charge in [0, 0.05) is 12.6 Å². The first-order valence-electron chi connectivity index (χ1n) is 4.42. The second-order valence-corrected chi connectivity index (χ2v) is 3.43. The largest absolute Gasteiger partial charge is 0.374 e. The minimum atomic E-state index is -2.41. The Morgan fingerprint density at radius 3 is 2.57 bits per heavy atom. The van der Waals surface area contributed by atoms with E-state index in [0.29, 0.717) is 11.7 Å². The molecule has 0 rings (SSSR count). The van der Waals surface area contributed by atoms with Crippen LogP contribution in [0.1, 0.15) is 13.8 Å². The molecule has 2 N–H and O–H groups in total. The minimum Gasteiger partial charge on any atom is -0.374 e. The molecule has 6 heteroatoms. The first-order valence-corrected chi connectivity index (χ1v) is 4.83. The number of hydrogen-bond donors (Lipinski definition) is 2. The van der Waals surface area contributed by atoms with Crippen LogP contribution < -0.4 is 10.6 Å². The highest BCUT2D eigenvalue weighted by atomic mass is 32.1. The minimum absolute atomic E-state index is 0.226. The zero-order valence-corrected chi connectivity index (χ0v) is 9.16. The number of rotatable bonds is 6. The lowest BCUT2D eigenvalue weighted by Crippen LogP contribution is -2.40. The monoisotopic (exact) mass is 226 g/mol. The summed E-state index contributed by atoms with van der Waals surface area (Å²) in [5.41, 5.74) is 0. The van der Waals surface area contributed by atoms with Gasteiger partial charge in [-0.05, 0) is 26.1 Å². The van der Waals surface area contributed by atoms with E-state index in [0.717, 1.165) is 0 Å². The van der Waals surface area contributed by atoms with Crippen LogP contribution in [0.2, 0.25) is 0 Å². The SMILES string of the molecule is CC(C)NC(=S)NCCOCC(F)F. The van der Waals surface area contributed by atoms with Gasteiger partial charge in [-0.25, -0.2) is 8.78 Å². The van der Waals surface area contributed by atoms with E-state index in [2.05, 4.69) is 15.4 Å². The second kappa shape index (κ2) is 7.87. The van der Waals surface area contributed by atoms with Crippen LogP contribution in [0.4, 0.5) is 8.78 Å². The van der Waals surface area contributed by atoms with Crippen LogP contribution in [0, 0.1) is 0 Å². The summed E-state index contributed by atoms with van der Waals surface area (Å²) in [7, 11) is 0. The van der Waals surface area contributed by atoms with Crippen molar-refractivity contribution in [3.63, 3.8) is 0 Å². The fraction of sp³-hybridized carbons (Fsp3) is 0.875. The molecule has 0 aliphatic carbocycles. The molecule has 0 aromatic carbocycles. The van der Waals surface area contributed by atoms with Crippen LogP contribution in [-0.4, -0.2) is 37.3 Å². The van der Waals surface area contributed by atoms with Gasteiger partial charge in [-0.3, -0.25) is 0 Å². The molecule has 0 atom stereocenters. The molecule has 0 aromatic heterocycles. The summed E-state index contributed by atoms with van der Waals surface area (Å²) in [5.74, 6) is 0. The van der Waals surface area contributed by atoms with Gasteiger partial charge in [0.25, 0.3) is 6.43 Å². The number of halogens is 2. The van der Waals surface area contributed by atoms with Crippen molar-refractivity contribution in [3.05, 3.63) is 0 Å². The molecule has 0 aromatic rings. The van der Waals surface area contributed by atoms with Crippen LogP contribution in [0.5, 0.6) is 0 Å². The molecule has 0 saturated carbocycles. The lowest BCUT2D eigenvalue weighted by molar-refractivity contribution is 0.0197. The maximum atomic E-state index is 11.6. The lowest BCUT2D eigenvalue weighted by atomic mass is 10.4. The van der Waals surface area contributed by atoms with Gasteiger partial charge in [0.05, 0.1) is 6.61 Å². The molecule has 0 amide bonds. The van der Waals surface area contributed by atoms with E-state index in [4.69, 9.17) is 12.2 Å². The van der Waals surface area contributed by atoms with Crippen molar-refractivity contribution in [2.45, 2.75) is 26.3 Å². The van der Waals surface area contributed by atoms with E-state index in [1.54, 1.807) is 0 Å². The summed E-state index contributed by atoms with van der Waals surface area (Å²) in [6, 6.07) is 0.261. The molecule has 84 valence electrons. The van der Waals surface area contributed by atoms with E-state index in [1.165, 1.54) is 0 Å². The molecule has 0 aliphatic heterocycles. The van der Waals surface area contributed by atoms with E-state index in [-0.39, 0.29) is 12.6 Å². The highest BCUT2D eigenvalue weighted by Gasteiger charge is 2.01. The van der Waals surface area contributed by atoms with E-state index >= 15 is 0 Å². The number of alkyl halides is 2. The van der Waals surface area contributed by atoms with Crippen LogP contribution in [0.25, 0.3) is 0 Å². The zero-order valence-electron chi connectivity index (χ0n) is 8.35. The van der Waals surface area contributed by atoms with Gasteiger partial charge in [0.15, 0.2) is 5.11 Å². The predicted molar refractivity (Wildman–Crippen MR) is 55.7 cm³/mol. The Hall–Kier alpha value is -0.490. The highest BCUT2D eigenvalue weighted by molar-refractivity contribution is 7.80. The topological polar surface area (TPSA) is 33.3 Å². The van der Waals surface area contributed by atoms with Crippen molar-refractivity contribution in [1.29, 1.82) is 0 Å². The van der Waals surface area contributed by atoms with Gasteiger partial charge in [-0.1, -0.05) is 0 Å². The Morgan fingerprint density at radius 2 is 2.07 bits per heavy atom. The standard InChI is InChI=1S/C8H16F2N2OS/c1-6(2)12-8(14)11-3-4-13-5-7(9)10/h6-7H,3-5H2,1-2H3,(H2,11,12,14). The summed E-state index contributed by atoms with van der Waals surface area (Å²) in [5, 5.41) is 6.31. The molecule has 0 fully saturated rings. The van der Waals surface area contributed by atoms with Gasteiger partial charge in [-0.2, -0.15) is 0 Å². The molecular weight excluding hydrogens is 210 g/mol. The Labute approximate surface area is 88.2 Å². The molecule has 0 saturated heterocycles. The molecule has 0 radical (unpaired) electrons. The third-order valence-corrected chi connectivity index (χ3v) is 1.46. The summed E-state index contributed by atoms with van der Waals surface area (Å²) < 4.78 is 27.9. The summed E-state index contributed by atoms with van der Waals surface area (Å²) >= 11 is 4.91. The Balaban J connectivity index is 3.23. The van der Waals surface area contributed by atoms with Crippen LogP contribution in [-0.2, 0) is 4.74 Å². The van der Waals surface area contributed by atoms with Crippen molar-refractivity contribution in [2.75, 3.05) is 19.8 Å². The normalized spacial score (nSPS) is 10.7. The molecule has 3 nitrogen and oxygen atoms in total. The van der Waals surface area contributed by atoms with Gasteiger partial charge >= 0.3 is 0 Å². The van der Waals surface area contributed by atoms with Gasteiger partial charge in [0.1, 0.15) is 6.61 Å². The summed E-state index contributed by atoms with van der Waals surface area (Å²) in [6.45, 7) is 4.06. The van der Waals surface area contributed by atoms with E-state index in [9.17, 15) is 8.78 Å². The van der Waals surface area contributed by atoms with Gasteiger partial charge in [-0.15, -0.1) is 0 Å². The third kappa shape index (κ3) is 9.60. The molecule has 0 heterocycles. The van der Waals surface area contributed by atoms with Crippen molar-refractivity contribution >= 4 is 17.3 Å². The maximum Gasteiger partial charge on any atom is 0.261 e. The molecule has 0 spiro atoms. The summed E-state index contributed by atoms with van der Waals surface area (Å²) in [6.07, 6.45) is -2.41. The highest BCUT2D eigenvalue weighted by Crippen LogP contribution is 1.91. The quantitative estimate of drug-likeness (QED) is 0.525. The molecule has 0 bridgehead atoms. The van der Waals surface area contributed by atoms with Crippen molar-refractivity contribution in [2.24, 2.45) is 0 Å². The van der Waals surface area contributed by atoms with Crippen molar-refractivity contribution < 1.29 is 13.5 Å². The smallest absolute Gasteiger partial charge is 0.261 e. The fourth-order valence-electron chi connectivity index (χ4n) is 0.722. The first kappa shape index (κ1) is 13.5. The third-order valence-electron chi connectivity index (χ3n) is 1.20. The number of hydrogen-bond acceptors (Lipinski definition) is 2. The molecule has 0 aliphatic rings. The van der Waals surface area contributed by atoms with Crippen LogP contribution in [0.15, 0.2) is 0 Å². The fourth-order valence-corrected chi connectivity index (χ4v) is 1.06. The van der Waals surface area contributed by atoms with Gasteiger partial charge in [0.2, 0.25) is 0 Å². The van der Waals surface area contributed by atoms with E-state index < -0.39 is 13.0 Å². The van der Waals surface area contributed by atoms with Crippen LogP contribution >= 0.6 is 12.2 Å². The number of nitrogens with one attached hydrogen (secondary N) is 2. The second-order valence-electron chi connectivity index (χ2n) is 3.02. The van der Waals surface area contributed by atoms with Gasteiger partial charge < -0.3 is 15.4 Å². The molecule has 14 heavy (non-hydrogen) atoms. The number of ether oxygens (including phenoxy) is 1. The van der Waals surface area contributed by atoms with E-state index in [1.807, 2.05) is 13.8 Å². The number of thiocarbonyl (C=S) groups is 1.